The molecule has 0 radical (unpaired) electrons. The van der Waals surface area contributed by atoms with Crippen LogP contribution in [0.5, 0.6) is 5.75 Å². The van der Waals surface area contributed by atoms with Crippen molar-refractivity contribution in [2.75, 3.05) is 279 Å². The average Bonchev–Trinajstić information content (AvgIpc) is 0.824. The Morgan fingerprint density at radius 2 is 0.375 bits per heavy atom. The molecule has 6 aromatic rings. The SMILES string of the molecule is CCC(C)c1ccc(COCN(COC)c2nc(N(COC)COC)nc(N(COC)COC)n2)cc1.CCC(C)c1ccc(COCN(COC)c2nc(N(COC)COC)nc(N(COC)COC)n2)cc1.CCC(C)c1ccc(O)cc1.COCN(COC)c1nc(N(COC)COC)nc(N(COC)COC)n1. The largest absolute Gasteiger partial charge is 0.508 e. The molecule has 37 nitrogen and oxygen atoms in total. The molecule has 0 spiro atoms. The number of anilines is 9. The highest BCUT2D eigenvalue weighted by molar-refractivity contribution is 5.49. The molecule has 3 atom stereocenters. The van der Waals surface area contributed by atoms with Gasteiger partial charge in [-0.3, -0.25) is 44.1 Å². The van der Waals surface area contributed by atoms with Gasteiger partial charge in [0.25, 0.3) is 0 Å². The van der Waals surface area contributed by atoms with Gasteiger partial charge in [0.15, 0.2) is 0 Å². The van der Waals surface area contributed by atoms with Gasteiger partial charge >= 0.3 is 0 Å². The first-order chi connectivity index (χ1) is 54.4. The Bertz CT molecular complexity index is 3010. The fraction of sp³-hybridized carbons (Fsp3) is 0.640. The Morgan fingerprint density at radius 1 is 0.232 bits per heavy atom. The van der Waals surface area contributed by atoms with Gasteiger partial charge in [0.2, 0.25) is 53.5 Å². The molecule has 3 aromatic carbocycles. The number of phenolic OH excluding ortho intramolecular Hbond substituents is 1. The minimum atomic E-state index is 0.201. The zero-order valence-corrected chi connectivity index (χ0v) is 70.3. The van der Waals surface area contributed by atoms with Crippen molar-refractivity contribution in [3.8, 4) is 5.75 Å². The van der Waals surface area contributed by atoms with E-state index in [1.807, 2.05) is 12.1 Å². The summed E-state index contributed by atoms with van der Waals surface area (Å²) in [5.74, 6) is 5.29. The van der Waals surface area contributed by atoms with E-state index in [1.54, 1.807) is 170 Å². The van der Waals surface area contributed by atoms with E-state index in [0.29, 0.717) is 90.3 Å². The maximum atomic E-state index is 9.01. The molecule has 0 aliphatic heterocycles. The van der Waals surface area contributed by atoms with Crippen LogP contribution in [0.4, 0.5) is 53.5 Å². The summed E-state index contributed by atoms with van der Waals surface area (Å²) in [6, 6.07) is 24.5. The van der Waals surface area contributed by atoms with Crippen LogP contribution in [0.25, 0.3) is 0 Å². The van der Waals surface area contributed by atoms with E-state index in [2.05, 4.69) is 135 Å². The molecule has 3 unspecified atom stereocenters. The Hall–Kier alpha value is -8.03. The summed E-state index contributed by atoms with van der Waals surface area (Å²) >= 11 is 0. The van der Waals surface area contributed by atoms with Gasteiger partial charge in [-0.1, -0.05) is 102 Å². The van der Waals surface area contributed by atoms with E-state index in [9.17, 15) is 0 Å². The van der Waals surface area contributed by atoms with E-state index in [-0.39, 0.29) is 121 Å². The maximum Gasteiger partial charge on any atom is 0.235 e. The summed E-state index contributed by atoms with van der Waals surface area (Å²) in [6.07, 6.45) is 3.36. The first kappa shape index (κ1) is 98.2. The molecule has 3 aromatic heterocycles. The van der Waals surface area contributed by atoms with Crippen molar-refractivity contribution < 1.29 is 90.4 Å². The number of hydrogen-bond acceptors (Lipinski definition) is 37. The number of methoxy groups -OCH3 is 16. The zero-order valence-electron chi connectivity index (χ0n) is 70.3. The highest BCUT2D eigenvalue weighted by Gasteiger charge is 2.25. The van der Waals surface area contributed by atoms with E-state index in [1.165, 1.54) is 16.7 Å². The molecule has 6 rings (SSSR count). The molecule has 37 heteroatoms. The van der Waals surface area contributed by atoms with E-state index in [0.717, 1.165) is 30.4 Å². The molecule has 0 amide bonds. The van der Waals surface area contributed by atoms with Gasteiger partial charge in [0.1, 0.15) is 127 Å². The second-order valence-electron chi connectivity index (χ2n) is 25.2. The summed E-state index contributed by atoms with van der Waals surface area (Å²) < 4.78 is 96.8. The summed E-state index contributed by atoms with van der Waals surface area (Å²) in [5.41, 5.74) is 6.11. The molecule has 0 fully saturated rings. The fourth-order valence-electron chi connectivity index (χ4n) is 10.1. The van der Waals surface area contributed by atoms with Crippen LogP contribution in [0.1, 0.15) is 106 Å². The van der Waals surface area contributed by atoms with Crippen LogP contribution < -0.4 is 44.1 Å². The number of phenols is 1. The molecule has 0 aliphatic rings. The van der Waals surface area contributed by atoms with Crippen molar-refractivity contribution in [3.63, 3.8) is 0 Å². The quantitative estimate of drug-likeness (QED) is 0.0348. The molecule has 0 aliphatic carbocycles. The van der Waals surface area contributed by atoms with Gasteiger partial charge in [-0.05, 0) is 77.0 Å². The van der Waals surface area contributed by atoms with E-state index < -0.39 is 0 Å². The molecular weight excluding hydrogens is 1460 g/mol. The van der Waals surface area contributed by atoms with Gasteiger partial charge in [-0.2, -0.15) is 44.9 Å². The number of aromatic hydroxyl groups is 1. The lowest BCUT2D eigenvalue weighted by molar-refractivity contribution is 0.0931. The minimum Gasteiger partial charge on any atom is -0.508 e. The van der Waals surface area contributed by atoms with Crippen LogP contribution in [0.2, 0.25) is 0 Å². The maximum absolute atomic E-state index is 9.01. The predicted octanol–water partition coefficient (Wildman–Crippen LogP) is 8.82. The van der Waals surface area contributed by atoms with Crippen molar-refractivity contribution in [3.05, 3.63) is 101 Å². The summed E-state index contributed by atoms with van der Waals surface area (Å²) in [5, 5.41) is 9.01. The molecule has 1 N–H and O–H groups in total. The van der Waals surface area contributed by atoms with Crippen LogP contribution in [-0.2, 0) is 98.5 Å². The highest BCUT2D eigenvalue weighted by atomic mass is 16.5. The third-order valence-electron chi connectivity index (χ3n) is 16.3. The summed E-state index contributed by atoms with van der Waals surface area (Å²) in [6.45, 7) is 18.1. The lowest BCUT2D eigenvalue weighted by atomic mass is 9.98. The fourth-order valence-corrected chi connectivity index (χ4v) is 10.1. The number of hydrogen-bond donors (Lipinski definition) is 1. The average molecular weight is 1590 g/mol. The van der Waals surface area contributed by atoms with Crippen LogP contribution in [0.3, 0.4) is 0 Å². The van der Waals surface area contributed by atoms with E-state index in [4.69, 9.17) is 90.4 Å². The van der Waals surface area contributed by atoms with Crippen LogP contribution in [-0.4, -0.2) is 285 Å². The second kappa shape index (κ2) is 58.8. The summed E-state index contributed by atoms with van der Waals surface area (Å²) in [4.78, 5) is 57.0. The second-order valence-corrected chi connectivity index (χ2v) is 25.2. The monoisotopic (exact) mass is 1580 g/mol. The van der Waals surface area contributed by atoms with Gasteiger partial charge < -0.3 is 90.4 Å². The Labute approximate surface area is 663 Å². The molecule has 3 heterocycles. The standard InChI is InChI=1S/2C25H42N6O6.C15H30N6O6.C10H14O/c2*1-8-20(2)22-11-9-21(10-12-22)13-37-19-31(18-36-7)25-27-23(29(14-32-3)15-33-4)26-24(28-25)30(16-34-5)17-35-6;1-22-7-19(8-23-2)13-16-14(20(9-24-3)10-25-4)18-15(17-13)21(11-26-5)12-27-6;1-3-8(2)9-4-6-10(11)7-5-9/h2*9-12,20H,8,13-19H2,1-7H3;7-12H2,1-6H3;4-8,11H,3H2,1-2H3. The number of rotatable bonds is 55. The molecule has 112 heavy (non-hydrogen) atoms. The lowest BCUT2D eigenvalue weighted by Crippen LogP contribution is -2.36. The van der Waals surface area contributed by atoms with Crippen molar-refractivity contribution >= 4 is 53.5 Å². The Balaban J connectivity index is 0.000000410. The third kappa shape index (κ3) is 35.2. The molecular formula is C75H128N18O19. The lowest BCUT2D eigenvalue weighted by Gasteiger charge is -2.27. The van der Waals surface area contributed by atoms with E-state index >= 15 is 0 Å². The van der Waals surface area contributed by atoms with Gasteiger partial charge in [-0.15, -0.1) is 0 Å². The number of ether oxygens (including phenoxy) is 18. The van der Waals surface area contributed by atoms with Crippen LogP contribution >= 0.6 is 0 Å². The number of nitrogens with zero attached hydrogens (tertiary/aromatic N) is 18. The van der Waals surface area contributed by atoms with Crippen molar-refractivity contribution in [1.82, 2.24) is 44.9 Å². The van der Waals surface area contributed by atoms with Gasteiger partial charge in [-0.25, -0.2) is 0 Å². The number of aromatic nitrogens is 9. The third-order valence-corrected chi connectivity index (χ3v) is 16.3. The first-order valence-electron chi connectivity index (χ1n) is 36.4. The first-order valence-corrected chi connectivity index (χ1v) is 36.4. The molecule has 0 bridgehead atoms. The Kier molecular flexibility index (Phi) is 51.5. The number of benzene rings is 3. The normalized spacial score (nSPS) is 11.8. The van der Waals surface area contributed by atoms with Crippen molar-refractivity contribution in [2.45, 2.75) is 91.8 Å². The van der Waals surface area contributed by atoms with Gasteiger partial charge in [0.05, 0.1) is 13.2 Å². The van der Waals surface area contributed by atoms with Crippen LogP contribution in [0, 0.1) is 0 Å². The minimum absolute atomic E-state index is 0.201. The predicted molar refractivity (Wildman–Crippen MR) is 428 cm³/mol. The Morgan fingerprint density at radius 3 is 0.518 bits per heavy atom. The highest BCUT2D eigenvalue weighted by Crippen LogP contribution is 2.27. The van der Waals surface area contributed by atoms with Crippen LogP contribution in [0.15, 0.2) is 72.8 Å². The van der Waals surface area contributed by atoms with Gasteiger partial charge in [0, 0.05) is 114 Å². The summed E-state index contributed by atoms with van der Waals surface area (Å²) in [7, 11) is 25.4. The topological polar surface area (TPSA) is 332 Å². The molecule has 0 saturated carbocycles. The smallest absolute Gasteiger partial charge is 0.235 e. The molecule has 632 valence electrons. The van der Waals surface area contributed by atoms with Crippen molar-refractivity contribution in [2.24, 2.45) is 0 Å². The molecule has 0 saturated heterocycles. The zero-order chi connectivity index (χ0) is 82.4. The van der Waals surface area contributed by atoms with Crippen molar-refractivity contribution in [1.29, 1.82) is 0 Å².